The van der Waals surface area contributed by atoms with Crippen LogP contribution in [0.2, 0.25) is 0 Å². The smallest absolute Gasteiger partial charge is 0.160 e. The first-order valence-electron chi connectivity index (χ1n) is 8.22. The quantitative estimate of drug-likeness (QED) is 0.865. The molecule has 0 spiro atoms. The van der Waals surface area contributed by atoms with Gasteiger partial charge in [-0.15, -0.1) is 0 Å². The van der Waals surface area contributed by atoms with Gasteiger partial charge < -0.3 is 9.47 Å². The van der Waals surface area contributed by atoms with Gasteiger partial charge in [-0.3, -0.25) is 0 Å². The Balaban J connectivity index is 2.00. The fourth-order valence-electron chi connectivity index (χ4n) is 3.39. The molecule has 1 aliphatic heterocycles. The summed E-state index contributed by atoms with van der Waals surface area (Å²) in [5.41, 5.74) is 2.09. The van der Waals surface area contributed by atoms with E-state index in [-0.39, 0.29) is 0 Å². The summed E-state index contributed by atoms with van der Waals surface area (Å²) in [4.78, 5) is 12.1. The monoisotopic (exact) mass is 286 g/mol. The number of piperidine rings is 1. The standard InChI is InChI=1S/C17H26N4/c1-4-20-10-6-7-14(12-20)16-19-15-8-5-9-18-17(15)21(16)11-13(2)3/h5,8-9,13-14H,4,6-7,10-12H2,1-3H3. The molecule has 1 atom stereocenters. The zero-order chi connectivity index (χ0) is 14.8. The van der Waals surface area contributed by atoms with Gasteiger partial charge in [-0.2, -0.15) is 0 Å². The third-order valence-electron chi connectivity index (χ3n) is 4.40. The van der Waals surface area contributed by atoms with Gasteiger partial charge in [-0.25, -0.2) is 9.97 Å². The van der Waals surface area contributed by atoms with E-state index in [0.717, 1.165) is 30.8 Å². The van der Waals surface area contributed by atoms with Crippen LogP contribution in [0.25, 0.3) is 11.2 Å². The van der Waals surface area contributed by atoms with E-state index in [0.29, 0.717) is 11.8 Å². The molecule has 2 aromatic rings. The van der Waals surface area contributed by atoms with E-state index in [1.165, 1.54) is 25.2 Å². The van der Waals surface area contributed by atoms with Gasteiger partial charge in [0.05, 0.1) is 0 Å². The van der Waals surface area contributed by atoms with E-state index < -0.39 is 0 Å². The van der Waals surface area contributed by atoms with Crippen LogP contribution in [0.15, 0.2) is 18.3 Å². The lowest BCUT2D eigenvalue weighted by molar-refractivity contribution is 0.211. The molecule has 1 saturated heterocycles. The fourth-order valence-corrected chi connectivity index (χ4v) is 3.39. The molecule has 3 rings (SSSR count). The van der Waals surface area contributed by atoms with Crippen molar-refractivity contribution in [3.05, 3.63) is 24.2 Å². The van der Waals surface area contributed by atoms with Crippen molar-refractivity contribution in [1.29, 1.82) is 0 Å². The third kappa shape index (κ3) is 2.95. The summed E-state index contributed by atoms with van der Waals surface area (Å²) in [7, 11) is 0. The first-order chi connectivity index (χ1) is 10.2. The molecule has 2 aromatic heterocycles. The molecule has 0 amide bonds. The zero-order valence-corrected chi connectivity index (χ0v) is 13.4. The number of rotatable bonds is 4. The topological polar surface area (TPSA) is 34.0 Å². The highest BCUT2D eigenvalue weighted by atomic mass is 15.2. The highest BCUT2D eigenvalue weighted by molar-refractivity contribution is 5.71. The number of pyridine rings is 1. The Morgan fingerprint density at radius 2 is 2.24 bits per heavy atom. The summed E-state index contributed by atoms with van der Waals surface area (Å²) in [5, 5.41) is 0. The van der Waals surface area contributed by atoms with Gasteiger partial charge in [0.15, 0.2) is 5.65 Å². The number of hydrogen-bond donors (Lipinski definition) is 0. The Kier molecular flexibility index (Phi) is 4.24. The lowest BCUT2D eigenvalue weighted by atomic mass is 9.97. The largest absolute Gasteiger partial charge is 0.312 e. The van der Waals surface area contributed by atoms with Gasteiger partial charge in [0, 0.05) is 25.2 Å². The number of hydrogen-bond acceptors (Lipinski definition) is 3. The van der Waals surface area contributed by atoms with Crippen molar-refractivity contribution in [2.45, 2.75) is 46.1 Å². The molecule has 0 N–H and O–H groups in total. The average Bonchev–Trinajstić information content (AvgIpc) is 2.86. The van der Waals surface area contributed by atoms with Gasteiger partial charge in [0.25, 0.3) is 0 Å². The molecule has 4 heteroatoms. The number of imidazole rings is 1. The molecule has 0 aliphatic carbocycles. The van der Waals surface area contributed by atoms with Crippen LogP contribution < -0.4 is 0 Å². The van der Waals surface area contributed by atoms with E-state index in [1.54, 1.807) is 0 Å². The minimum atomic E-state index is 0.548. The SMILES string of the molecule is CCN1CCCC(c2nc3cccnc3n2CC(C)C)C1. The molecule has 3 heterocycles. The Morgan fingerprint density at radius 3 is 3.00 bits per heavy atom. The Morgan fingerprint density at radius 1 is 1.38 bits per heavy atom. The lowest BCUT2D eigenvalue weighted by Crippen LogP contribution is -2.35. The second-order valence-corrected chi connectivity index (χ2v) is 6.55. The molecule has 114 valence electrons. The third-order valence-corrected chi connectivity index (χ3v) is 4.40. The van der Waals surface area contributed by atoms with Crippen molar-refractivity contribution in [3.63, 3.8) is 0 Å². The summed E-state index contributed by atoms with van der Waals surface area (Å²) in [6, 6.07) is 4.07. The second-order valence-electron chi connectivity index (χ2n) is 6.55. The molecule has 0 aromatic carbocycles. The van der Waals surface area contributed by atoms with Crippen LogP contribution in [0.5, 0.6) is 0 Å². The van der Waals surface area contributed by atoms with Crippen molar-refractivity contribution in [1.82, 2.24) is 19.4 Å². The maximum Gasteiger partial charge on any atom is 0.160 e. The maximum absolute atomic E-state index is 4.93. The minimum absolute atomic E-state index is 0.548. The molecule has 0 bridgehead atoms. The van der Waals surface area contributed by atoms with Crippen molar-refractivity contribution in [3.8, 4) is 0 Å². The van der Waals surface area contributed by atoms with Crippen molar-refractivity contribution < 1.29 is 0 Å². The van der Waals surface area contributed by atoms with Gasteiger partial charge in [0.1, 0.15) is 11.3 Å². The van der Waals surface area contributed by atoms with E-state index in [2.05, 4.69) is 41.3 Å². The molecule has 0 saturated carbocycles. The fraction of sp³-hybridized carbons (Fsp3) is 0.647. The summed E-state index contributed by atoms with van der Waals surface area (Å²) in [5.74, 6) is 2.40. The normalized spacial score (nSPS) is 20.5. The maximum atomic E-state index is 4.93. The van der Waals surface area contributed by atoms with Crippen LogP contribution >= 0.6 is 0 Å². The van der Waals surface area contributed by atoms with Crippen LogP contribution in [0.4, 0.5) is 0 Å². The van der Waals surface area contributed by atoms with Crippen LogP contribution in [-0.2, 0) is 6.54 Å². The van der Waals surface area contributed by atoms with Gasteiger partial charge in [-0.1, -0.05) is 20.8 Å². The van der Waals surface area contributed by atoms with Crippen LogP contribution in [0.1, 0.15) is 45.4 Å². The van der Waals surface area contributed by atoms with Crippen molar-refractivity contribution in [2.24, 2.45) is 5.92 Å². The first-order valence-corrected chi connectivity index (χ1v) is 8.22. The number of nitrogens with zero attached hydrogens (tertiary/aromatic N) is 4. The first kappa shape index (κ1) is 14.5. The molecular weight excluding hydrogens is 260 g/mol. The second kappa shape index (κ2) is 6.14. The molecular formula is C17H26N4. The lowest BCUT2D eigenvalue weighted by Gasteiger charge is -2.31. The van der Waals surface area contributed by atoms with Crippen LogP contribution in [0.3, 0.4) is 0 Å². The highest BCUT2D eigenvalue weighted by Crippen LogP contribution is 2.29. The van der Waals surface area contributed by atoms with Gasteiger partial charge in [-0.05, 0) is 44.0 Å². The Labute approximate surface area is 127 Å². The number of likely N-dealkylation sites (tertiary alicyclic amines) is 1. The van der Waals surface area contributed by atoms with Crippen molar-refractivity contribution >= 4 is 11.2 Å². The molecule has 21 heavy (non-hydrogen) atoms. The molecule has 1 aliphatic rings. The predicted molar refractivity (Wildman–Crippen MR) is 86.5 cm³/mol. The number of fused-ring (bicyclic) bond motifs is 1. The molecule has 0 radical (unpaired) electrons. The molecule has 1 fully saturated rings. The number of aromatic nitrogens is 3. The van der Waals surface area contributed by atoms with Crippen LogP contribution in [-0.4, -0.2) is 39.1 Å². The van der Waals surface area contributed by atoms with E-state index >= 15 is 0 Å². The highest BCUT2D eigenvalue weighted by Gasteiger charge is 2.26. The minimum Gasteiger partial charge on any atom is -0.312 e. The van der Waals surface area contributed by atoms with Crippen LogP contribution in [0, 0.1) is 5.92 Å². The van der Waals surface area contributed by atoms with Gasteiger partial charge in [0.2, 0.25) is 0 Å². The molecule has 4 nitrogen and oxygen atoms in total. The van der Waals surface area contributed by atoms with E-state index in [9.17, 15) is 0 Å². The summed E-state index contributed by atoms with van der Waals surface area (Å²) in [6.07, 6.45) is 4.40. The molecule has 1 unspecified atom stereocenters. The average molecular weight is 286 g/mol. The van der Waals surface area contributed by atoms with Crippen molar-refractivity contribution in [2.75, 3.05) is 19.6 Å². The summed E-state index contributed by atoms with van der Waals surface area (Å²) < 4.78 is 2.36. The zero-order valence-electron chi connectivity index (χ0n) is 13.4. The van der Waals surface area contributed by atoms with E-state index in [1.807, 2.05) is 12.3 Å². The van der Waals surface area contributed by atoms with E-state index in [4.69, 9.17) is 4.98 Å². The van der Waals surface area contributed by atoms with Gasteiger partial charge >= 0.3 is 0 Å². The number of likely N-dealkylation sites (N-methyl/N-ethyl adjacent to an activating group) is 1. The summed E-state index contributed by atoms with van der Waals surface area (Å²) in [6.45, 7) is 11.3. The summed E-state index contributed by atoms with van der Waals surface area (Å²) >= 11 is 0. The Hall–Kier alpha value is -1.42. The predicted octanol–water partition coefficient (Wildman–Crippen LogP) is 3.29. The Bertz CT molecular complexity index is 602.